The lowest BCUT2D eigenvalue weighted by molar-refractivity contribution is -0.152. The zero-order chi connectivity index (χ0) is 14.6. The Balaban J connectivity index is 3.35. The molecular formula is C14H20O5. The summed E-state index contributed by atoms with van der Waals surface area (Å²) in [6.07, 6.45) is 0.308. The summed E-state index contributed by atoms with van der Waals surface area (Å²) < 4.78 is 10.3. The lowest BCUT2D eigenvalue weighted by atomic mass is 9.80. The zero-order valence-electron chi connectivity index (χ0n) is 11.6. The van der Waals surface area contributed by atoms with Gasteiger partial charge in [0, 0.05) is 5.56 Å². The van der Waals surface area contributed by atoms with E-state index in [1.165, 1.54) is 21.1 Å². The highest BCUT2D eigenvalue weighted by Crippen LogP contribution is 2.39. The SMILES string of the molecule is CCC(C(=O)O)C(C)(O)c1cc(OC)ccc1OC. The molecule has 0 aliphatic carbocycles. The molecule has 0 aliphatic rings. The summed E-state index contributed by atoms with van der Waals surface area (Å²) >= 11 is 0. The van der Waals surface area contributed by atoms with Crippen LogP contribution >= 0.6 is 0 Å². The van der Waals surface area contributed by atoms with Crippen LogP contribution in [0.3, 0.4) is 0 Å². The number of carboxylic acid groups (broad SMARTS) is 1. The topological polar surface area (TPSA) is 76.0 Å². The molecule has 0 heterocycles. The molecule has 106 valence electrons. The Morgan fingerprint density at radius 3 is 2.42 bits per heavy atom. The molecule has 2 N–H and O–H groups in total. The first kappa shape index (κ1) is 15.3. The number of aliphatic hydroxyl groups is 1. The number of hydrogen-bond donors (Lipinski definition) is 2. The number of carbonyl (C=O) groups is 1. The first-order chi connectivity index (χ1) is 8.88. The fourth-order valence-electron chi connectivity index (χ4n) is 2.21. The van der Waals surface area contributed by atoms with Gasteiger partial charge in [-0.25, -0.2) is 0 Å². The van der Waals surface area contributed by atoms with Crippen LogP contribution in [0.2, 0.25) is 0 Å². The fraction of sp³-hybridized carbons (Fsp3) is 0.500. The van der Waals surface area contributed by atoms with Crippen molar-refractivity contribution in [3.8, 4) is 11.5 Å². The summed E-state index contributed by atoms with van der Waals surface area (Å²) in [5.41, 5.74) is -1.14. The molecule has 2 unspecified atom stereocenters. The minimum absolute atomic E-state index is 0.308. The first-order valence-electron chi connectivity index (χ1n) is 6.06. The largest absolute Gasteiger partial charge is 0.497 e. The van der Waals surface area contributed by atoms with Crippen LogP contribution in [-0.4, -0.2) is 30.4 Å². The molecule has 0 radical (unpaired) electrons. The molecule has 0 amide bonds. The van der Waals surface area contributed by atoms with E-state index in [9.17, 15) is 15.0 Å². The molecule has 2 atom stereocenters. The molecule has 0 aliphatic heterocycles. The third-order valence-electron chi connectivity index (χ3n) is 3.34. The second-order valence-electron chi connectivity index (χ2n) is 4.51. The highest BCUT2D eigenvalue weighted by atomic mass is 16.5. The number of benzene rings is 1. The van der Waals surface area contributed by atoms with Gasteiger partial charge in [-0.2, -0.15) is 0 Å². The molecule has 5 nitrogen and oxygen atoms in total. The van der Waals surface area contributed by atoms with E-state index >= 15 is 0 Å². The monoisotopic (exact) mass is 268 g/mol. The molecule has 5 heteroatoms. The Labute approximate surface area is 112 Å². The molecular weight excluding hydrogens is 248 g/mol. The van der Waals surface area contributed by atoms with Gasteiger partial charge in [0.1, 0.15) is 17.1 Å². The average Bonchev–Trinajstić information content (AvgIpc) is 2.37. The Kier molecular flexibility index (Phi) is 4.78. The minimum atomic E-state index is -1.54. The second kappa shape index (κ2) is 5.93. The van der Waals surface area contributed by atoms with Gasteiger partial charge in [0.2, 0.25) is 0 Å². The van der Waals surface area contributed by atoms with Gasteiger partial charge in [-0.05, 0) is 31.5 Å². The van der Waals surface area contributed by atoms with E-state index in [0.717, 1.165) is 0 Å². The van der Waals surface area contributed by atoms with E-state index in [0.29, 0.717) is 23.5 Å². The third kappa shape index (κ3) is 2.98. The zero-order valence-corrected chi connectivity index (χ0v) is 11.6. The molecule has 1 aromatic rings. The maximum absolute atomic E-state index is 11.3. The van der Waals surface area contributed by atoms with Crippen LogP contribution in [0.25, 0.3) is 0 Å². The van der Waals surface area contributed by atoms with Gasteiger partial charge >= 0.3 is 5.97 Å². The number of rotatable bonds is 6. The van der Waals surface area contributed by atoms with E-state index < -0.39 is 17.5 Å². The average molecular weight is 268 g/mol. The van der Waals surface area contributed by atoms with E-state index in [1.54, 1.807) is 25.1 Å². The molecule has 0 saturated carbocycles. The lowest BCUT2D eigenvalue weighted by Crippen LogP contribution is -2.37. The van der Waals surface area contributed by atoms with Crippen molar-refractivity contribution in [2.75, 3.05) is 14.2 Å². The van der Waals surface area contributed by atoms with Gasteiger partial charge in [-0.15, -0.1) is 0 Å². The maximum Gasteiger partial charge on any atom is 0.309 e. The number of ether oxygens (including phenoxy) is 2. The van der Waals surface area contributed by atoms with Gasteiger partial charge in [0.05, 0.1) is 20.1 Å². The van der Waals surface area contributed by atoms with Crippen LogP contribution < -0.4 is 9.47 Å². The van der Waals surface area contributed by atoms with Crippen molar-refractivity contribution in [1.82, 2.24) is 0 Å². The van der Waals surface area contributed by atoms with E-state index in [2.05, 4.69) is 0 Å². The Bertz CT molecular complexity index is 453. The van der Waals surface area contributed by atoms with Crippen LogP contribution in [0.5, 0.6) is 11.5 Å². The highest BCUT2D eigenvalue weighted by molar-refractivity contribution is 5.72. The second-order valence-corrected chi connectivity index (χ2v) is 4.51. The fourth-order valence-corrected chi connectivity index (χ4v) is 2.21. The van der Waals surface area contributed by atoms with Gasteiger partial charge in [0.25, 0.3) is 0 Å². The van der Waals surface area contributed by atoms with Crippen molar-refractivity contribution < 1.29 is 24.5 Å². The molecule has 0 saturated heterocycles. The van der Waals surface area contributed by atoms with Crippen LogP contribution in [0, 0.1) is 5.92 Å². The van der Waals surface area contributed by atoms with Crippen molar-refractivity contribution >= 4 is 5.97 Å². The molecule has 1 aromatic carbocycles. The molecule has 0 fully saturated rings. The summed E-state index contributed by atoms with van der Waals surface area (Å²) in [4.78, 5) is 11.3. The van der Waals surface area contributed by atoms with Crippen molar-refractivity contribution in [2.24, 2.45) is 5.92 Å². The van der Waals surface area contributed by atoms with Gasteiger partial charge < -0.3 is 19.7 Å². The maximum atomic E-state index is 11.3. The Morgan fingerprint density at radius 2 is 2.00 bits per heavy atom. The Hall–Kier alpha value is -1.75. The molecule has 0 aromatic heterocycles. The quantitative estimate of drug-likeness (QED) is 0.825. The number of carboxylic acids is 1. The first-order valence-corrected chi connectivity index (χ1v) is 6.06. The molecule has 0 spiro atoms. The summed E-state index contributed by atoms with van der Waals surface area (Å²) in [6, 6.07) is 4.95. The standard InChI is InChI=1S/C14H20O5/c1-5-10(13(15)16)14(2,17)11-8-9(18-3)6-7-12(11)19-4/h6-8,10,17H,5H2,1-4H3,(H,15,16). The number of aliphatic carboxylic acids is 1. The predicted octanol–water partition coefficient (Wildman–Crippen LogP) is 2.02. The number of methoxy groups -OCH3 is 2. The van der Waals surface area contributed by atoms with Gasteiger partial charge in [-0.3, -0.25) is 4.79 Å². The lowest BCUT2D eigenvalue weighted by Gasteiger charge is -2.31. The number of hydrogen-bond acceptors (Lipinski definition) is 4. The van der Waals surface area contributed by atoms with Crippen molar-refractivity contribution in [3.63, 3.8) is 0 Å². The van der Waals surface area contributed by atoms with E-state index in [1.807, 2.05) is 0 Å². The van der Waals surface area contributed by atoms with Gasteiger partial charge in [-0.1, -0.05) is 6.92 Å². The summed E-state index contributed by atoms with van der Waals surface area (Å²) in [7, 11) is 2.98. The smallest absolute Gasteiger partial charge is 0.309 e. The third-order valence-corrected chi connectivity index (χ3v) is 3.34. The molecule has 0 bridgehead atoms. The summed E-state index contributed by atoms with van der Waals surface area (Å²) in [5.74, 6) is -0.993. The predicted molar refractivity (Wildman–Crippen MR) is 70.5 cm³/mol. The van der Waals surface area contributed by atoms with E-state index in [4.69, 9.17) is 9.47 Å². The van der Waals surface area contributed by atoms with Crippen molar-refractivity contribution in [2.45, 2.75) is 25.9 Å². The molecule has 19 heavy (non-hydrogen) atoms. The summed E-state index contributed by atoms with van der Waals surface area (Å²) in [6.45, 7) is 3.20. The van der Waals surface area contributed by atoms with Crippen LogP contribution in [-0.2, 0) is 10.4 Å². The summed E-state index contributed by atoms with van der Waals surface area (Å²) in [5, 5.41) is 19.9. The normalized spacial score (nSPS) is 15.4. The van der Waals surface area contributed by atoms with Crippen LogP contribution in [0.15, 0.2) is 18.2 Å². The minimum Gasteiger partial charge on any atom is -0.497 e. The van der Waals surface area contributed by atoms with Crippen molar-refractivity contribution in [3.05, 3.63) is 23.8 Å². The molecule has 1 rings (SSSR count). The van der Waals surface area contributed by atoms with Gasteiger partial charge in [0.15, 0.2) is 0 Å². The van der Waals surface area contributed by atoms with Crippen molar-refractivity contribution in [1.29, 1.82) is 0 Å². The van der Waals surface area contributed by atoms with Crippen LogP contribution in [0.4, 0.5) is 0 Å². The highest BCUT2D eigenvalue weighted by Gasteiger charge is 2.40. The van der Waals surface area contributed by atoms with E-state index in [-0.39, 0.29) is 0 Å². The van der Waals surface area contributed by atoms with Crippen LogP contribution in [0.1, 0.15) is 25.8 Å². The Morgan fingerprint density at radius 1 is 1.37 bits per heavy atom.